The molecule has 0 bridgehead atoms. The van der Waals surface area contributed by atoms with Crippen LogP contribution in [-0.4, -0.2) is 49.1 Å². The molecule has 1 fully saturated rings. The van der Waals surface area contributed by atoms with Crippen LogP contribution in [0, 0.1) is 12.8 Å². The summed E-state index contributed by atoms with van der Waals surface area (Å²) in [7, 11) is 1.80. The predicted octanol–water partition coefficient (Wildman–Crippen LogP) is 3.44. The molecule has 2 N–H and O–H groups in total. The number of oxazole rings is 1. The summed E-state index contributed by atoms with van der Waals surface area (Å²) >= 11 is 0. The van der Waals surface area contributed by atoms with Crippen molar-refractivity contribution < 1.29 is 4.42 Å². The van der Waals surface area contributed by atoms with Gasteiger partial charge in [-0.1, -0.05) is 31.0 Å². The average Bonchev–Trinajstić information content (AvgIpc) is 3.18. The monoisotopic (exact) mass is 383 g/mol. The first-order chi connectivity index (χ1) is 13.6. The standard InChI is InChI=1S/C22H33N5O/c1-17-7-9-19(10-8-17)21-26-20(16-28-21)14-25-22(23-3)24-13-18(2)15-27-11-5-4-6-12-27/h7-10,16,18H,4-6,11-15H2,1-3H3,(H2,23,24,25). The van der Waals surface area contributed by atoms with Gasteiger partial charge >= 0.3 is 0 Å². The Kier molecular flexibility index (Phi) is 7.48. The van der Waals surface area contributed by atoms with E-state index in [0.717, 1.165) is 30.3 Å². The van der Waals surface area contributed by atoms with Gasteiger partial charge in [-0.25, -0.2) is 4.98 Å². The fourth-order valence-corrected chi connectivity index (χ4v) is 3.53. The van der Waals surface area contributed by atoms with Crippen molar-refractivity contribution in [2.75, 3.05) is 33.2 Å². The highest BCUT2D eigenvalue weighted by atomic mass is 16.3. The molecule has 6 nitrogen and oxygen atoms in total. The summed E-state index contributed by atoms with van der Waals surface area (Å²) in [6, 6.07) is 8.19. The topological polar surface area (TPSA) is 65.7 Å². The highest BCUT2D eigenvalue weighted by Crippen LogP contribution is 2.19. The highest BCUT2D eigenvalue weighted by molar-refractivity contribution is 5.79. The molecule has 2 heterocycles. The highest BCUT2D eigenvalue weighted by Gasteiger charge is 2.14. The Labute approximate surface area is 168 Å². The first-order valence-electron chi connectivity index (χ1n) is 10.3. The minimum absolute atomic E-state index is 0.579. The Hall–Kier alpha value is -2.34. The molecule has 1 aliphatic heterocycles. The van der Waals surface area contributed by atoms with Crippen LogP contribution < -0.4 is 10.6 Å². The molecule has 1 atom stereocenters. The van der Waals surface area contributed by atoms with Crippen molar-refractivity contribution in [2.24, 2.45) is 10.9 Å². The van der Waals surface area contributed by atoms with E-state index in [4.69, 9.17) is 4.42 Å². The van der Waals surface area contributed by atoms with Gasteiger partial charge in [-0.2, -0.15) is 0 Å². The number of guanidine groups is 1. The Bertz CT molecular complexity index is 747. The van der Waals surface area contributed by atoms with Crippen LogP contribution in [0.4, 0.5) is 0 Å². The number of aromatic nitrogens is 1. The third kappa shape index (κ3) is 6.09. The van der Waals surface area contributed by atoms with Gasteiger partial charge in [0.15, 0.2) is 5.96 Å². The van der Waals surface area contributed by atoms with Crippen molar-refractivity contribution >= 4 is 5.96 Å². The van der Waals surface area contributed by atoms with Crippen molar-refractivity contribution in [1.82, 2.24) is 20.5 Å². The van der Waals surface area contributed by atoms with Crippen LogP contribution in [0.1, 0.15) is 37.4 Å². The Morgan fingerprint density at radius 2 is 1.93 bits per heavy atom. The van der Waals surface area contributed by atoms with Crippen LogP contribution in [0.3, 0.4) is 0 Å². The molecule has 1 aliphatic rings. The second kappa shape index (κ2) is 10.3. The lowest BCUT2D eigenvalue weighted by molar-refractivity contribution is 0.201. The summed E-state index contributed by atoms with van der Waals surface area (Å²) < 4.78 is 5.62. The molecule has 1 aromatic carbocycles. The van der Waals surface area contributed by atoms with Crippen LogP contribution in [-0.2, 0) is 6.54 Å². The molecule has 0 saturated carbocycles. The zero-order chi connectivity index (χ0) is 19.8. The molecular formula is C22H33N5O. The molecule has 3 rings (SSSR count). The molecule has 0 amide bonds. The molecule has 6 heteroatoms. The number of hydrogen-bond donors (Lipinski definition) is 2. The molecule has 28 heavy (non-hydrogen) atoms. The van der Waals surface area contributed by atoms with Gasteiger partial charge < -0.3 is 20.0 Å². The van der Waals surface area contributed by atoms with Crippen LogP contribution in [0.5, 0.6) is 0 Å². The molecule has 152 valence electrons. The lowest BCUT2D eigenvalue weighted by atomic mass is 10.1. The number of piperidine rings is 1. The van der Waals surface area contributed by atoms with Crippen LogP contribution in [0.2, 0.25) is 0 Å². The molecule has 1 aromatic heterocycles. The van der Waals surface area contributed by atoms with Gasteiger partial charge in [-0.05, 0) is 50.9 Å². The number of benzene rings is 1. The SMILES string of the molecule is CN=C(NCc1coc(-c2ccc(C)cc2)n1)NCC(C)CN1CCCCC1. The van der Waals surface area contributed by atoms with Gasteiger partial charge in [-0.15, -0.1) is 0 Å². The van der Waals surface area contributed by atoms with E-state index in [-0.39, 0.29) is 0 Å². The van der Waals surface area contributed by atoms with Crippen LogP contribution in [0.25, 0.3) is 11.5 Å². The van der Waals surface area contributed by atoms with Gasteiger partial charge in [0.05, 0.1) is 12.2 Å². The first kappa shape index (κ1) is 20.4. The average molecular weight is 384 g/mol. The summed E-state index contributed by atoms with van der Waals surface area (Å²) in [5.74, 6) is 2.03. The lowest BCUT2D eigenvalue weighted by Crippen LogP contribution is -2.42. The Morgan fingerprint density at radius 1 is 1.18 bits per heavy atom. The van der Waals surface area contributed by atoms with E-state index in [1.165, 1.54) is 37.9 Å². The number of nitrogens with zero attached hydrogens (tertiary/aromatic N) is 3. The maximum absolute atomic E-state index is 5.62. The van der Waals surface area contributed by atoms with Gasteiger partial charge in [0.1, 0.15) is 6.26 Å². The van der Waals surface area contributed by atoms with Crippen molar-refractivity contribution in [3.63, 3.8) is 0 Å². The molecule has 2 aromatic rings. The number of likely N-dealkylation sites (tertiary alicyclic amines) is 1. The smallest absolute Gasteiger partial charge is 0.226 e. The minimum Gasteiger partial charge on any atom is -0.444 e. The van der Waals surface area contributed by atoms with Gasteiger partial charge in [-0.3, -0.25) is 4.99 Å². The van der Waals surface area contributed by atoms with E-state index in [1.54, 1.807) is 13.3 Å². The summed E-state index contributed by atoms with van der Waals surface area (Å²) in [6.45, 7) is 9.48. The lowest BCUT2D eigenvalue weighted by Gasteiger charge is -2.29. The van der Waals surface area contributed by atoms with Crippen molar-refractivity contribution in [3.8, 4) is 11.5 Å². The number of aryl methyl sites for hydroxylation is 1. The largest absolute Gasteiger partial charge is 0.444 e. The van der Waals surface area contributed by atoms with Gasteiger partial charge in [0, 0.05) is 25.7 Å². The van der Waals surface area contributed by atoms with Crippen molar-refractivity contribution in [3.05, 3.63) is 41.8 Å². The zero-order valence-electron chi connectivity index (χ0n) is 17.4. The van der Waals surface area contributed by atoms with Crippen LogP contribution >= 0.6 is 0 Å². The molecular weight excluding hydrogens is 350 g/mol. The molecule has 1 saturated heterocycles. The van der Waals surface area contributed by atoms with E-state index in [9.17, 15) is 0 Å². The normalized spacial score (nSPS) is 16.8. The molecule has 0 radical (unpaired) electrons. The maximum atomic E-state index is 5.62. The molecule has 0 spiro atoms. The van der Waals surface area contributed by atoms with E-state index >= 15 is 0 Å². The second-order valence-electron chi connectivity index (χ2n) is 7.78. The maximum Gasteiger partial charge on any atom is 0.226 e. The van der Waals surface area contributed by atoms with E-state index in [0.29, 0.717) is 18.4 Å². The number of rotatable bonds is 7. The third-order valence-electron chi connectivity index (χ3n) is 5.15. The van der Waals surface area contributed by atoms with E-state index < -0.39 is 0 Å². The number of aliphatic imine (C=N–C) groups is 1. The summed E-state index contributed by atoms with van der Waals surface area (Å²) in [5.41, 5.74) is 3.08. The second-order valence-corrected chi connectivity index (χ2v) is 7.78. The fourth-order valence-electron chi connectivity index (χ4n) is 3.53. The van der Waals surface area contributed by atoms with Crippen molar-refractivity contribution in [2.45, 2.75) is 39.7 Å². The number of hydrogen-bond acceptors (Lipinski definition) is 4. The molecule has 1 unspecified atom stereocenters. The van der Waals surface area contributed by atoms with E-state index in [1.807, 2.05) is 12.1 Å². The van der Waals surface area contributed by atoms with Gasteiger partial charge in [0.25, 0.3) is 0 Å². The third-order valence-corrected chi connectivity index (χ3v) is 5.15. The minimum atomic E-state index is 0.579. The van der Waals surface area contributed by atoms with Crippen molar-refractivity contribution in [1.29, 1.82) is 0 Å². The summed E-state index contributed by atoms with van der Waals surface area (Å²) in [4.78, 5) is 11.5. The van der Waals surface area contributed by atoms with Gasteiger partial charge in [0.2, 0.25) is 5.89 Å². The number of nitrogens with one attached hydrogen (secondary N) is 2. The van der Waals surface area contributed by atoms with Crippen LogP contribution in [0.15, 0.2) is 39.9 Å². The summed E-state index contributed by atoms with van der Waals surface area (Å²) in [5, 5.41) is 6.75. The zero-order valence-corrected chi connectivity index (χ0v) is 17.4. The summed E-state index contributed by atoms with van der Waals surface area (Å²) in [6.07, 6.45) is 5.76. The fraction of sp³-hybridized carbons (Fsp3) is 0.545. The quantitative estimate of drug-likeness (QED) is 0.566. The predicted molar refractivity (Wildman–Crippen MR) is 114 cm³/mol. The van der Waals surface area contributed by atoms with E-state index in [2.05, 4.69) is 51.5 Å². The Morgan fingerprint density at radius 3 is 2.64 bits per heavy atom. The first-order valence-corrected chi connectivity index (χ1v) is 10.3. The Balaban J connectivity index is 1.43. The molecule has 0 aliphatic carbocycles.